The van der Waals surface area contributed by atoms with Crippen LogP contribution in [0.3, 0.4) is 0 Å². The highest BCUT2D eigenvalue weighted by molar-refractivity contribution is 5.90. The van der Waals surface area contributed by atoms with E-state index in [0.717, 1.165) is 4.57 Å². The quantitative estimate of drug-likeness (QED) is 0.803. The normalized spacial score (nSPS) is 10.0. The van der Waals surface area contributed by atoms with Gasteiger partial charge in [-0.05, 0) is 19.1 Å². The van der Waals surface area contributed by atoms with E-state index in [1.165, 1.54) is 6.07 Å². The third kappa shape index (κ3) is 3.17. The van der Waals surface area contributed by atoms with E-state index in [4.69, 9.17) is 5.11 Å². The van der Waals surface area contributed by atoms with Crippen LogP contribution in [0.15, 0.2) is 16.9 Å². The first-order valence-corrected chi connectivity index (χ1v) is 5.17. The Morgan fingerprint density at radius 3 is 2.59 bits per heavy atom. The van der Waals surface area contributed by atoms with Crippen LogP contribution in [-0.4, -0.2) is 21.6 Å². The van der Waals surface area contributed by atoms with Crippen LogP contribution < -0.4 is 10.9 Å². The average Bonchev–Trinajstić information content (AvgIpc) is 2.27. The molecule has 1 rings (SSSR count). The molecule has 0 saturated heterocycles. The summed E-state index contributed by atoms with van der Waals surface area (Å²) in [6, 6.07) is 3.07. The maximum absolute atomic E-state index is 11.9. The number of carbonyl (C=O) groups is 2. The first-order valence-electron chi connectivity index (χ1n) is 5.17. The largest absolute Gasteiger partial charge is 0.480 e. The number of carboxylic acids is 1. The van der Waals surface area contributed by atoms with Crippen molar-refractivity contribution in [2.75, 3.05) is 5.32 Å². The van der Waals surface area contributed by atoms with Crippen LogP contribution in [0.5, 0.6) is 0 Å². The van der Waals surface area contributed by atoms with Gasteiger partial charge >= 0.3 is 5.97 Å². The third-order valence-corrected chi connectivity index (χ3v) is 2.28. The second-order valence-electron chi connectivity index (χ2n) is 3.58. The van der Waals surface area contributed by atoms with Gasteiger partial charge in [-0.2, -0.15) is 0 Å². The van der Waals surface area contributed by atoms with Crippen molar-refractivity contribution in [2.45, 2.75) is 26.8 Å². The van der Waals surface area contributed by atoms with Crippen LogP contribution in [0, 0.1) is 6.92 Å². The van der Waals surface area contributed by atoms with Crippen LogP contribution in [0.2, 0.25) is 0 Å². The van der Waals surface area contributed by atoms with Gasteiger partial charge in [0, 0.05) is 12.1 Å². The number of anilines is 1. The fourth-order valence-corrected chi connectivity index (χ4v) is 1.34. The number of aromatic nitrogens is 1. The molecule has 1 aromatic heterocycles. The molecule has 0 aliphatic rings. The number of carbonyl (C=O) groups excluding carboxylic acids is 1. The highest BCUT2D eigenvalue weighted by atomic mass is 16.4. The third-order valence-electron chi connectivity index (χ3n) is 2.28. The van der Waals surface area contributed by atoms with Crippen LogP contribution in [-0.2, 0) is 16.1 Å². The molecular weight excluding hydrogens is 224 g/mol. The lowest BCUT2D eigenvalue weighted by Gasteiger charge is -2.10. The maximum Gasteiger partial charge on any atom is 0.323 e. The van der Waals surface area contributed by atoms with E-state index in [2.05, 4.69) is 5.32 Å². The molecule has 1 amide bonds. The summed E-state index contributed by atoms with van der Waals surface area (Å²) in [5.41, 5.74) is 0.129. The van der Waals surface area contributed by atoms with Gasteiger partial charge in [0.2, 0.25) is 5.91 Å². The molecule has 0 aromatic carbocycles. The standard InChI is InChI=1S/C11H14N2O4/c1-3-9(14)12-8-5-4-7(2)13(11(8)17)6-10(15)16/h4-5H,3,6H2,1-2H3,(H,12,14)(H,15,16). The minimum atomic E-state index is -1.10. The molecule has 6 nitrogen and oxygen atoms in total. The summed E-state index contributed by atoms with van der Waals surface area (Å²) in [7, 11) is 0. The molecule has 0 saturated carbocycles. The number of aryl methyl sites for hydroxylation is 1. The monoisotopic (exact) mass is 238 g/mol. The summed E-state index contributed by atoms with van der Waals surface area (Å²) in [5, 5.41) is 11.1. The molecule has 6 heteroatoms. The highest BCUT2D eigenvalue weighted by Crippen LogP contribution is 2.03. The zero-order valence-corrected chi connectivity index (χ0v) is 9.69. The van der Waals surface area contributed by atoms with E-state index >= 15 is 0 Å². The smallest absolute Gasteiger partial charge is 0.323 e. The Morgan fingerprint density at radius 1 is 1.41 bits per heavy atom. The van der Waals surface area contributed by atoms with Crippen LogP contribution in [0.4, 0.5) is 5.69 Å². The maximum atomic E-state index is 11.9. The number of nitrogens with zero attached hydrogens (tertiary/aromatic N) is 1. The molecule has 92 valence electrons. The Kier molecular flexibility index (Phi) is 4.03. The molecule has 0 unspecified atom stereocenters. The van der Waals surface area contributed by atoms with Crippen LogP contribution >= 0.6 is 0 Å². The van der Waals surface area contributed by atoms with Gasteiger partial charge in [0.15, 0.2) is 0 Å². The summed E-state index contributed by atoms with van der Waals surface area (Å²) in [5.74, 6) is -1.39. The molecule has 0 atom stereocenters. The number of amides is 1. The molecule has 17 heavy (non-hydrogen) atoms. The van der Waals surface area contributed by atoms with Gasteiger partial charge < -0.3 is 10.4 Å². The van der Waals surface area contributed by atoms with Crippen molar-refractivity contribution in [3.05, 3.63) is 28.2 Å². The van der Waals surface area contributed by atoms with E-state index < -0.39 is 18.1 Å². The first-order chi connectivity index (χ1) is 7.95. The fourth-order valence-electron chi connectivity index (χ4n) is 1.34. The lowest BCUT2D eigenvalue weighted by atomic mass is 10.3. The van der Waals surface area contributed by atoms with E-state index in [0.29, 0.717) is 5.69 Å². The molecule has 0 fully saturated rings. The second kappa shape index (κ2) is 5.29. The summed E-state index contributed by atoms with van der Waals surface area (Å²) in [4.78, 5) is 33.7. The summed E-state index contributed by atoms with van der Waals surface area (Å²) < 4.78 is 1.10. The van der Waals surface area contributed by atoms with Crippen molar-refractivity contribution >= 4 is 17.6 Å². The number of nitrogens with one attached hydrogen (secondary N) is 1. The van der Waals surface area contributed by atoms with E-state index in [1.807, 2.05) is 0 Å². The second-order valence-corrected chi connectivity index (χ2v) is 3.58. The molecule has 1 heterocycles. The molecular formula is C11H14N2O4. The van der Waals surface area contributed by atoms with Crippen molar-refractivity contribution < 1.29 is 14.7 Å². The summed E-state index contributed by atoms with van der Waals surface area (Å²) in [6.07, 6.45) is 0.256. The molecule has 0 spiro atoms. The van der Waals surface area contributed by atoms with Crippen molar-refractivity contribution in [1.82, 2.24) is 4.57 Å². The predicted molar refractivity (Wildman–Crippen MR) is 62.0 cm³/mol. The average molecular weight is 238 g/mol. The Hall–Kier alpha value is -2.11. The molecule has 2 N–H and O–H groups in total. The van der Waals surface area contributed by atoms with E-state index in [9.17, 15) is 14.4 Å². The van der Waals surface area contributed by atoms with E-state index in [-0.39, 0.29) is 18.0 Å². The van der Waals surface area contributed by atoms with Crippen molar-refractivity contribution in [2.24, 2.45) is 0 Å². The molecule has 0 bridgehead atoms. The predicted octanol–water partition coefficient (Wildman–Crippen LogP) is 0.590. The SMILES string of the molecule is CCC(=O)Nc1ccc(C)n(CC(=O)O)c1=O. The number of hydrogen-bond donors (Lipinski definition) is 2. The fraction of sp³-hybridized carbons (Fsp3) is 0.364. The van der Waals surface area contributed by atoms with Crippen LogP contribution in [0.1, 0.15) is 19.0 Å². The van der Waals surface area contributed by atoms with Gasteiger partial charge in [-0.15, -0.1) is 0 Å². The lowest BCUT2D eigenvalue weighted by Crippen LogP contribution is -2.29. The number of hydrogen-bond acceptors (Lipinski definition) is 3. The molecule has 0 radical (unpaired) electrons. The Morgan fingerprint density at radius 2 is 2.06 bits per heavy atom. The van der Waals surface area contributed by atoms with Gasteiger partial charge in [0.1, 0.15) is 12.2 Å². The minimum absolute atomic E-state index is 0.101. The van der Waals surface area contributed by atoms with Gasteiger partial charge in [-0.25, -0.2) is 0 Å². The minimum Gasteiger partial charge on any atom is -0.480 e. The van der Waals surface area contributed by atoms with Crippen molar-refractivity contribution in [3.63, 3.8) is 0 Å². The number of carboxylic acid groups (broad SMARTS) is 1. The van der Waals surface area contributed by atoms with Crippen LogP contribution in [0.25, 0.3) is 0 Å². The van der Waals surface area contributed by atoms with Gasteiger partial charge in [0.25, 0.3) is 5.56 Å². The Balaban J connectivity index is 3.14. The number of pyridine rings is 1. The highest BCUT2D eigenvalue weighted by Gasteiger charge is 2.10. The Labute approximate surface area is 97.9 Å². The molecule has 1 aromatic rings. The van der Waals surface area contributed by atoms with Gasteiger partial charge in [0.05, 0.1) is 0 Å². The zero-order valence-electron chi connectivity index (χ0n) is 9.69. The topological polar surface area (TPSA) is 88.4 Å². The summed E-state index contributed by atoms with van der Waals surface area (Å²) in [6.45, 7) is 2.88. The van der Waals surface area contributed by atoms with E-state index in [1.54, 1.807) is 19.9 Å². The van der Waals surface area contributed by atoms with Gasteiger partial charge in [-0.3, -0.25) is 19.0 Å². The Bertz CT molecular complexity index is 505. The van der Waals surface area contributed by atoms with Crippen molar-refractivity contribution in [3.8, 4) is 0 Å². The van der Waals surface area contributed by atoms with Gasteiger partial charge in [-0.1, -0.05) is 6.92 Å². The number of rotatable bonds is 4. The lowest BCUT2D eigenvalue weighted by molar-refractivity contribution is -0.137. The first kappa shape index (κ1) is 13.0. The van der Waals surface area contributed by atoms with Crippen molar-refractivity contribution in [1.29, 1.82) is 0 Å². The summed E-state index contributed by atoms with van der Waals surface area (Å²) >= 11 is 0. The molecule has 0 aliphatic carbocycles. The number of aliphatic carboxylic acids is 1. The molecule has 0 aliphatic heterocycles. The zero-order chi connectivity index (χ0) is 13.0.